The number of ether oxygens (including phenoxy) is 3. The van der Waals surface area contributed by atoms with Crippen molar-refractivity contribution in [2.75, 3.05) is 32.4 Å². The highest BCUT2D eigenvalue weighted by molar-refractivity contribution is 6.19. The molecule has 1 aromatic carbocycles. The van der Waals surface area contributed by atoms with Crippen LogP contribution in [0.15, 0.2) is 24.3 Å². The van der Waals surface area contributed by atoms with Gasteiger partial charge in [-0.25, -0.2) is 0 Å². The Hall–Kier alpha value is -2.28. The van der Waals surface area contributed by atoms with Crippen LogP contribution in [0.4, 0.5) is 0 Å². The maximum Gasteiger partial charge on any atom is 0.305 e. The molecule has 0 aliphatic heterocycles. The second kappa shape index (κ2) is 16.4. The van der Waals surface area contributed by atoms with E-state index in [0.29, 0.717) is 56.9 Å². The van der Waals surface area contributed by atoms with Gasteiger partial charge in [0.05, 0.1) is 25.8 Å². The van der Waals surface area contributed by atoms with Gasteiger partial charge < -0.3 is 19.1 Å². The molecule has 0 saturated heterocycles. The van der Waals surface area contributed by atoms with Gasteiger partial charge in [-0.2, -0.15) is 0 Å². The van der Waals surface area contributed by atoms with Crippen molar-refractivity contribution in [1.29, 1.82) is 0 Å². The molecule has 0 spiro atoms. The third-order valence-corrected chi connectivity index (χ3v) is 4.78. The molecule has 174 valence electrons. The number of hydrogen-bond acceptors (Lipinski definition) is 6. The van der Waals surface area contributed by atoms with Crippen molar-refractivity contribution < 1.29 is 28.6 Å². The summed E-state index contributed by atoms with van der Waals surface area (Å²) in [6, 6.07) is 7.05. The summed E-state index contributed by atoms with van der Waals surface area (Å²) in [7, 11) is 0. The molecular weight excluding hydrogens is 422 g/mol. The first-order valence-electron chi connectivity index (χ1n) is 10.9. The fraction of sp³-hybridized carbons (Fsp3) is 0.609. The predicted molar refractivity (Wildman–Crippen MR) is 119 cm³/mol. The van der Waals surface area contributed by atoms with E-state index in [9.17, 15) is 14.4 Å². The van der Waals surface area contributed by atoms with E-state index in [1.807, 2.05) is 0 Å². The van der Waals surface area contributed by atoms with Crippen LogP contribution < -0.4 is 4.74 Å². The maximum absolute atomic E-state index is 12.6. The minimum atomic E-state index is -0.187. The van der Waals surface area contributed by atoms with Crippen LogP contribution in [0, 0.1) is 0 Å². The Morgan fingerprint density at radius 1 is 0.839 bits per heavy atom. The van der Waals surface area contributed by atoms with Crippen molar-refractivity contribution in [2.24, 2.45) is 0 Å². The molecule has 7 nitrogen and oxygen atoms in total. The van der Waals surface area contributed by atoms with Crippen LogP contribution in [0.25, 0.3) is 0 Å². The molecule has 0 bridgehead atoms. The molecular formula is C23H34ClNO6. The first-order valence-corrected chi connectivity index (χ1v) is 11.4. The van der Waals surface area contributed by atoms with Gasteiger partial charge in [0.2, 0.25) is 0 Å². The van der Waals surface area contributed by atoms with Gasteiger partial charge >= 0.3 is 11.9 Å². The molecule has 0 aromatic heterocycles. The summed E-state index contributed by atoms with van der Waals surface area (Å²) in [6.45, 7) is 5.39. The number of alkyl halides is 1. The van der Waals surface area contributed by atoms with E-state index in [0.717, 1.165) is 25.7 Å². The number of carbonyl (C=O) groups excluding carboxylic acids is 3. The number of carbonyl (C=O) groups is 3. The van der Waals surface area contributed by atoms with Gasteiger partial charge in [0.1, 0.15) is 5.75 Å². The summed E-state index contributed by atoms with van der Waals surface area (Å²) in [6.07, 6.45) is 4.56. The molecule has 0 saturated carbocycles. The Balaban J connectivity index is 2.33. The molecule has 0 aliphatic rings. The SMILES string of the molecule is CCOC(=O)CCCCCN(CCl)C(=O)c1ccc(OCCCCC(=O)OCC)cc1. The van der Waals surface area contributed by atoms with Crippen molar-refractivity contribution in [1.82, 2.24) is 4.90 Å². The molecule has 0 atom stereocenters. The van der Waals surface area contributed by atoms with Gasteiger partial charge in [0.25, 0.3) is 5.91 Å². The molecule has 0 N–H and O–H groups in total. The van der Waals surface area contributed by atoms with Crippen LogP contribution in [0.5, 0.6) is 5.75 Å². The minimum absolute atomic E-state index is 0.107. The highest BCUT2D eigenvalue weighted by Crippen LogP contribution is 2.15. The zero-order chi connectivity index (χ0) is 22.9. The summed E-state index contributed by atoms with van der Waals surface area (Å²) in [5.41, 5.74) is 0.543. The van der Waals surface area contributed by atoms with Crippen LogP contribution in [0.3, 0.4) is 0 Å². The number of benzene rings is 1. The monoisotopic (exact) mass is 455 g/mol. The molecule has 0 aliphatic carbocycles. The average molecular weight is 456 g/mol. The number of rotatable bonds is 16. The highest BCUT2D eigenvalue weighted by Gasteiger charge is 2.14. The maximum atomic E-state index is 12.6. The van der Waals surface area contributed by atoms with Crippen LogP contribution in [0.2, 0.25) is 0 Å². The number of amides is 1. The van der Waals surface area contributed by atoms with Crippen molar-refractivity contribution in [3.05, 3.63) is 29.8 Å². The van der Waals surface area contributed by atoms with Gasteiger partial charge in [-0.05, 0) is 63.8 Å². The van der Waals surface area contributed by atoms with Crippen LogP contribution >= 0.6 is 11.6 Å². The Labute approximate surface area is 190 Å². The topological polar surface area (TPSA) is 82.1 Å². The van der Waals surface area contributed by atoms with Crippen LogP contribution in [0.1, 0.15) is 69.2 Å². The zero-order valence-electron chi connectivity index (χ0n) is 18.6. The molecule has 1 aromatic rings. The summed E-state index contributed by atoms with van der Waals surface area (Å²) < 4.78 is 15.4. The van der Waals surface area contributed by atoms with E-state index >= 15 is 0 Å². The van der Waals surface area contributed by atoms with Crippen LogP contribution in [-0.2, 0) is 19.1 Å². The predicted octanol–water partition coefficient (Wildman–Crippen LogP) is 4.56. The first kappa shape index (κ1) is 26.8. The number of halogens is 1. The molecule has 0 unspecified atom stereocenters. The lowest BCUT2D eigenvalue weighted by Gasteiger charge is -2.20. The van der Waals surface area contributed by atoms with E-state index in [1.54, 1.807) is 43.0 Å². The van der Waals surface area contributed by atoms with Gasteiger partial charge in [-0.1, -0.05) is 6.42 Å². The summed E-state index contributed by atoms with van der Waals surface area (Å²) >= 11 is 5.96. The minimum Gasteiger partial charge on any atom is -0.494 e. The molecule has 8 heteroatoms. The second-order valence-electron chi connectivity index (χ2n) is 6.94. The molecule has 0 heterocycles. The molecule has 1 rings (SSSR count). The quantitative estimate of drug-likeness (QED) is 0.157. The van der Waals surface area contributed by atoms with Crippen molar-refractivity contribution in [3.8, 4) is 5.75 Å². The van der Waals surface area contributed by atoms with E-state index in [-0.39, 0.29) is 23.8 Å². The van der Waals surface area contributed by atoms with E-state index in [4.69, 9.17) is 25.8 Å². The molecule has 0 fully saturated rings. The van der Waals surface area contributed by atoms with E-state index < -0.39 is 0 Å². The standard InChI is InChI=1S/C23H34ClNO6/c1-3-29-21(26)10-6-5-8-16-25(18-24)23(28)19-12-14-20(15-13-19)31-17-9-7-11-22(27)30-4-2/h12-15H,3-11,16-18H2,1-2H3. The van der Waals surface area contributed by atoms with Gasteiger partial charge in [0.15, 0.2) is 0 Å². The van der Waals surface area contributed by atoms with Crippen molar-refractivity contribution in [3.63, 3.8) is 0 Å². The Morgan fingerprint density at radius 2 is 1.42 bits per heavy atom. The molecule has 31 heavy (non-hydrogen) atoms. The van der Waals surface area contributed by atoms with Gasteiger partial charge in [-0.15, -0.1) is 11.6 Å². The lowest BCUT2D eigenvalue weighted by atomic mass is 10.1. The molecule has 0 radical (unpaired) electrons. The number of unbranched alkanes of at least 4 members (excludes halogenated alkanes) is 3. The third-order valence-electron chi connectivity index (χ3n) is 4.50. The average Bonchev–Trinajstić information content (AvgIpc) is 2.76. The second-order valence-corrected chi connectivity index (χ2v) is 7.18. The smallest absolute Gasteiger partial charge is 0.305 e. The lowest BCUT2D eigenvalue weighted by Crippen LogP contribution is -2.30. The Morgan fingerprint density at radius 3 is 1.97 bits per heavy atom. The fourth-order valence-corrected chi connectivity index (χ4v) is 3.10. The lowest BCUT2D eigenvalue weighted by molar-refractivity contribution is -0.144. The summed E-state index contributed by atoms with van der Waals surface area (Å²) in [5.74, 6) is 0.160. The summed E-state index contributed by atoms with van der Waals surface area (Å²) in [4.78, 5) is 36.8. The van der Waals surface area contributed by atoms with Gasteiger partial charge in [-0.3, -0.25) is 14.4 Å². The summed E-state index contributed by atoms with van der Waals surface area (Å²) in [5, 5.41) is 0. The van der Waals surface area contributed by atoms with Crippen LogP contribution in [-0.4, -0.2) is 55.1 Å². The first-order chi connectivity index (χ1) is 15.0. The fourth-order valence-electron chi connectivity index (χ4n) is 2.87. The molecule has 1 amide bonds. The van der Waals surface area contributed by atoms with Crippen molar-refractivity contribution >= 4 is 29.4 Å². The zero-order valence-corrected chi connectivity index (χ0v) is 19.3. The van der Waals surface area contributed by atoms with Crippen molar-refractivity contribution in [2.45, 2.75) is 58.8 Å². The normalized spacial score (nSPS) is 10.4. The van der Waals surface area contributed by atoms with E-state index in [2.05, 4.69) is 0 Å². The highest BCUT2D eigenvalue weighted by atomic mass is 35.5. The largest absolute Gasteiger partial charge is 0.494 e. The number of hydrogen-bond donors (Lipinski definition) is 0. The van der Waals surface area contributed by atoms with E-state index in [1.165, 1.54) is 0 Å². The number of nitrogens with zero attached hydrogens (tertiary/aromatic N) is 1. The Bertz CT molecular complexity index is 665. The Kier molecular flexibility index (Phi) is 14.2. The number of esters is 2. The third kappa shape index (κ3) is 11.6. The van der Waals surface area contributed by atoms with Gasteiger partial charge in [0, 0.05) is 24.9 Å².